The number of carbonyl (C=O) groups is 1. The average Bonchev–Trinajstić information content (AvgIpc) is 2.13. The molecule has 0 amide bonds. The molecule has 0 aliphatic carbocycles. The summed E-state index contributed by atoms with van der Waals surface area (Å²) in [7, 11) is 1.49. The second-order valence-corrected chi connectivity index (χ2v) is 3.33. The molecule has 1 aromatic rings. The first-order valence-electron chi connectivity index (χ1n) is 4.37. The van der Waals surface area contributed by atoms with Crippen LogP contribution in [0, 0.1) is 20.8 Å². The summed E-state index contributed by atoms with van der Waals surface area (Å²) in [4.78, 5) is 10.9. The molecule has 14 heavy (non-hydrogen) atoms. The van der Waals surface area contributed by atoms with Crippen LogP contribution < -0.4 is 4.74 Å². The van der Waals surface area contributed by atoms with E-state index in [2.05, 4.69) is 0 Å². The maximum Gasteiger partial charge on any atom is 0.339 e. The van der Waals surface area contributed by atoms with Crippen molar-refractivity contribution >= 4 is 5.97 Å². The lowest BCUT2D eigenvalue weighted by atomic mass is 9.99. The Kier molecular flexibility index (Phi) is 2.79. The molecule has 0 bridgehead atoms. The molecule has 0 unspecified atom stereocenters. The van der Waals surface area contributed by atoms with E-state index in [4.69, 9.17) is 9.84 Å². The van der Waals surface area contributed by atoms with Crippen molar-refractivity contribution in [1.82, 2.24) is 0 Å². The average molecular weight is 194 g/mol. The Bertz CT molecular complexity index is 381. The van der Waals surface area contributed by atoms with Crippen LogP contribution in [0.1, 0.15) is 27.0 Å². The van der Waals surface area contributed by atoms with Gasteiger partial charge in [0, 0.05) is 0 Å². The van der Waals surface area contributed by atoms with Crippen LogP contribution in [0.5, 0.6) is 5.75 Å². The summed E-state index contributed by atoms with van der Waals surface area (Å²) in [5.74, 6) is -0.492. The van der Waals surface area contributed by atoms with E-state index in [1.807, 2.05) is 20.8 Å². The quantitative estimate of drug-likeness (QED) is 0.785. The molecule has 0 aliphatic heterocycles. The van der Waals surface area contributed by atoms with Gasteiger partial charge in [-0.15, -0.1) is 0 Å². The van der Waals surface area contributed by atoms with E-state index in [0.29, 0.717) is 5.75 Å². The summed E-state index contributed by atoms with van der Waals surface area (Å²) in [5.41, 5.74) is 3.17. The lowest BCUT2D eigenvalue weighted by Crippen LogP contribution is -2.04. The Hall–Kier alpha value is -1.51. The SMILES string of the molecule is COc1c(C(=O)O)cc(C)c(C)c1C. The number of carboxylic acid groups (broad SMARTS) is 1. The summed E-state index contributed by atoms with van der Waals surface area (Å²) < 4.78 is 5.09. The normalized spacial score (nSPS) is 10.0. The molecule has 1 rings (SSSR count). The molecule has 0 atom stereocenters. The van der Waals surface area contributed by atoms with E-state index in [-0.39, 0.29) is 5.56 Å². The third-order valence-corrected chi connectivity index (χ3v) is 2.53. The summed E-state index contributed by atoms with van der Waals surface area (Å²) in [5, 5.41) is 8.96. The Balaban J connectivity index is 3.51. The highest BCUT2D eigenvalue weighted by molar-refractivity contribution is 5.92. The minimum absolute atomic E-state index is 0.230. The zero-order chi connectivity index (χ0) is 10.9. The van der Waals surface area contributed by atoms with Crippen molar-refractivity contribution in [2.75, 3.05) is 7.11 Å². The van der Waals surface area contributed by atoms with Crippen LogP contribution in [0.4, 0.5) is 0 Å². The van der Waals surface area contributed by atoms with Crippen molar-refractivity contribution in [2.24, 2.45) is 0 Å². The highest BCUT2D eigenvalue weighted by Gasteiger charge is 2.15. The molecule has 0 spiro atoms. The fourth-order valence-electron chi connectivity index (χ4n) is 1.48. The van der Waals surface area contributed by atoms with Crippen molar-refractivity contribution in [3.8, 4) is 5.75 Å². The summed E-state index contributed by atoms with van der Waals surface area (Å²) >= 11 is 0. The smallest absolute Gasteiger partial charge is 0.339 e. The molecular formula is C11H14O3. The van der Waals surface area contributed by atoms with Gasteiger partial charge in [0.15, 0.2) is 0 Å². The van der Waals surface area contributed by atoms with Gasteiger partial charge in [-0.25, -0.2) is 4.79 Å². The van der Waals surface area contributed by atoms with E-state index >= 15 is 0 Å². The zero-order valence-corrected chi connectivity index (χ0v) is 8.84. The number of aromatic carboxylic acids is 1. The molecule has 1 aromatic carbocycles. The molecule has 0 radical (unpaired) electrons. The van der Waals surface area contributed by atoms with E-state index in [1.54, 1.807) is 6.07 Å². The van der Waals surface area contributed by atoms with Crippen LogP contribution in [0.2, 0.25) is 0 Å². The highest BCUT2D eigenvalue weighted by Crippen LogP contribution is 2.28. The number of carboxylic acids is 1. The van der Waals surface area contributed by atoms with Gasteiger partial charge in [-0.2, -0.15) is 0 Å². The van der Waals surface area contributed by atoms with Crippen LogP contribution in [-0.4, -0.2) is 18.2 Å². The van der Waals surface area contributed by atoms with Crippen LogP contribution in [0.25, 0.3) is 0 Å². The molecule has 0 heterocycles. The number of benzene rings is 1. The predicted molar refractivity (Wildman–Crippen MR) is 54.2 cm³/mol. The number of hydrogen-bond acceptors (Lipinski definition) is 2. The van der Waals surface area contributed by atoms with Gasteiger partial charge in [-0.3, -0.25) is 0 Å². The maximum atomic E-state index is 10.9. The standard InChI is InChI=1S/C11H14O3/c1-6-5-9(11(12)13)10(14-4)8(3)7(6)2/h5H,1-4H3,(H,12,13). The molecule has 76 valence electrons. The van der Waals surface area contributed by atoms with E-state index in [9.17, 15) is 4.79 Å². The number of ether oxygens (including phenoxy) is 1. The van der Waals surface area contributed by atoms with Gasteiger partial charge in [-0.05, 0) is 43.5 Å². The molecule has 0 fully saturated rings. The van der Waals surface area contributed by atoms with Crippen molar-refractivity contribution in [3.05, 3.63) is 28.3 Å². The van der Waals surface area contributed by atoms with Crippen molar-refractivity contribution in [2.45, 2.75) is 20.8 Å². The van der Waals surface area contributed by atoms with Crippen LogP contribution in [0.15, 0.2) is 6.07 Å². The second kappa shape index (κ2) is 3.70. The monoisotopic (exact) mass is 194 g/mol. The fourth-order valence-corrected chi connectivity index (χ4v) is 1.48. The molecule has 1 N–H and O–H groups in total. The van der Waals surface area contributed by atoms with Gasteiger partial charge in [0.2, 0.25) is 0 Å². The van der Waals surface area contributed by atoms with E-state index < -0.39 is 5.97 Å². The first-order chi connectivity index (χ1) is 6.49. The highest BCUT2D eigenvalue weighted by atomic mass is 16.5. The molecule has 0 aliphatic rings. The predicted octanol–water partition coefficient (Wildman–Crippen LogP) is 2.32. The summed E-state index contributed by atoms with van der Waals surface area (Å²) in [6.07, 6.45) is 0. The first-order valence-corrected chi connectivity index (χ1v) is 4.37. The Morgan fingerprint density at radius 3 is 2.29 bits per heavy atom. The van der Waals surface area contributed by atoms with Crippen molar-refractivity contribution in [1.29, 1.82) is 0 Å². The van der Waals surface area contributed by atoms with Gasteiger partial charge in [0.05, 0.1) is 7.11 Å². The van der Waals surface area contributed by atoms with Crippen LogP contribution in [-0.2, 0) is 0 Å². The second-order valence-electron chi connectivity index (χ2n) is 3.33. The number of methoxy groups -OCH3 is 1. The Labute approximate surface area is 83.3 Å². The topological polar surface area (TPSA) is 46.5 Å². The van der Waals surface area contributed by atoms with Crippen molar-refractivity contribution < 1.29 is 14.6 Å². The van der Waals surface area contributed by atoms with E-state index in [1.165, 1.54) is 7.11 Å². The third-order valence-electron chi connectivity index (χ3n) is 2.53. The maximum absolute atomic E-state index is 10.9. The third kappa shape index (κ3) is 1.58. The van der Waals surface area contributed by atoms with E-state index in [0.717, 1.165) is 16.7 Å². The van der Waals surface area contributed by atoms with Crippen LogP contribution >= 0.6 is 0 Å². The molecule has 3 heteroatoms. The lowest BCUT2D eigenvalue weighted by Gasteiger charge is -2.13. The summed E-state index contributed by atoms with van der Waals surface area (Å²) in [6, 6.07) is 1.64. The molecule has 0 saturated heterocycles. The van der Waals surface area contributed by atoms with Gasteiger partial charge < -0.3 is 9.84 Å². The Morgan fingerprint density at radius 2 is 1.86 bits per heavy atom. The number of rotatable bonds is 2. The van der Waals surface area contributed by atoms with Gasteiger partial charge in [0.25, 0.3) is 0 Å². The minimum Gasteiger partial charge on any atom is -0.496 e. The Morgan fingerprint density at radius 1 is 1.29 bits per heavy atom. The van der Waals surface area contributed by atoms with Crippen LogP contribution in [0.3, 0.4) is 0 Å². The number of hydrogen-bond donors (Lipinski definition) is 1. The molecule has 0 saturated carbocycles. The lowest BCUT2D eigenvalue weighted by molar-refractivity contribution is 0.0693. The zero-order valence-electron chi connectivity index (χ0n) is 8.84. The largest absolute Gasteiger partial charge is 0.496 e. The number of aryl methyl sites for hydroxylation is 1. The molecular weight excluding hydrogens is 180 g/mol. The minimum atomic E-state index is -0.951. The molecule has 0 aromatic heterocycles. The van der Waals surface area contributed by atoms with Crippen molar-refractivity contribution in [3.63, 3.8) is 0 Å². The van der Waals surface area contributed by atoms with Gasteiger partial charge >= 0.3 is 5.97 Å². The van der Waals surface area contributed by atoms with Gasteiger partial charge in [-0.1, -0.05) is 0 Å². The molecule has 3 nitrogen and oxygen atoms in total. The fraction of sp³-hybridized carbons (Fsp3) is 0.364. The summed E-state index contributed by atoms with van der Waals surface area (Å²) in [6.45, 7) is 5.72. The first kappa shape index (κ1) is 10.6. The van der Waals surface area contributed by atoms with Gasteiger partial charge in [0.1, 0.15) is 11.3 Å².